The molecule has 10 heteroatoms. The van der Waals surface area contributed by atoms with Crippen molar-refractivity contribution in [2.24, 2.45) is 5.73 Å². The Morgan fingerprint density at radius 2 is 1.64 bits per heavy atom. The number of piperazine rings is 1. The minimum atomic E-state index is -0.571. The van der Waals surface area contributed by atoms with Crippen LogP contribution < -0.4 is 26.6 Å². The maximum absolute atomic E-state index is 12.0. The van der Waals surface area contributed by atoms with Crippen LogP contribution in [-0.2, 0) is 4.79 Å². The molecule has 1 aromatic heterocycles. The highest BCUT2D eigenvalue weighted by atomic mass is 16.2. The molecule has 3 amide bonds. The van der Waals surface area contributed by atoms with Crippen molar-refractivity contribution >= 4 is 34.9 Å². The van der Waals surface area contributed by atoms with Crippen molar-refractivity contribution < 1.29 is 9.59 Å². The normalized spacial score (nSPS) is 14.2. The number of aromatic nitrogens is 2. The Morgan fingerprint density at radius 1 is 0.972 bits per heavy atom. The molecule has 1 unspecified atom stereocenters. The maximum Gasteiger partial charge on any atom is 0.317 e. The molecule has 2 aromatic carbocycles. The lowest BCUT2D eigenvalue weighted by molar-refractivity contribution is -0.117. The Kier molecular flexibility index (Phi) is 7.96. The molecule has 1 saturated heterocycles. The highest BCUT2D eigenvalue weighted by molar-refractivity contribution is 5.94. The first-order valence-corrected chi connectivity index (χ1v) is 12.1. The molecule has 0 radical (unpaired) electrons. The fourth-order valence-corrected chi connectivity index (χ4v) is 3.88. The summed E-state index contributed by atoms with van der Waals surface area (Å²) >= 11 is 0. The van der Waals surface area contributed by atoms with Gasteiger partial charge >= 0.3 is 6.03 Å². The predicted octanol–water partition coefficient (Wildman–Crippen LogP) is 3.02. The molecule has 2 heterocycles. The number of benzene rings is 2. The Balaban J connectivity index is 1.36. The van der Waals surface area contributed by atoms with Crippen LogP contribution in [0.5, 0.6) is 0 Å². The number of amides is 3. The summed E-state index contributed by atoms with van der Waals surface area (Å²) in [5, 5.41) is 8.89. The van der Waals surface area contributed by atoms with Gasteiger partial charge in [-0.05, 0) is 56.3 Å². The molecule has 0 saturated carbocycles. The van der Waals surface area contributed by atoms with Crippen LogP contribution in [0.15, 0.2) is 60.8 Å². The van der Waals surface area contributed by atoms with Gasteiger partial charge in [0.1, 0.15) is 0 Å². The summed E-state index contributed by atoms with van der Waals surface area (Å²) in [5.74, 6) is 0.258. The van der Waals surface area contributed by atoms with E-state index in [1.165, 1.54) is 0 Å². The first-order chi connectivity index (χ1) is 17.4. The molecule has 10 nitrogen and oxygen atoms in total. The molecule has 1 aliphatic rings. The molecule has 0 bridgehead atoms. The third-order valence-corrected chi connectivity index (χ3v) is 5.90. The van der Waals surface area contributed by atoms with E-state index in [0.717, 1.165) is 35.7 Å². The first kappa shape index (κ1) is 24.9. The molecule has 1 fully saturated rings. The van der Waals surface area contributed by atoms with Gasteiger partial charge in [-0.15, -0.1) is 0 Å². The quantitative estimate of drug-likeness (QED) is 0.402. The zero-order chi connectivity index (χ0) is 25.5. The van der Waals surface area contributed by atoms with Gasteiger partial charge in [0.2, 0.25) is 11.9 Å². The standard InChI is InChI=1S/C26H32N8O2/c1-3-28-26(36)34-16-14-33(15-17-34)22-10-8-21(9-11-22)31-25-29-13-12-23(32-25)19-4-6-20(7-5-19)30-24(35)18(2)27/h4-13,18H,3,14-17,27H2,1-2H3,(H,28,36)(H,30,35)(H,29,31,32). The highest BCUT2D eigenvalue weighted by Gasteiger charge is 2.20. The van der Waals surface area contributed by atoms with E-state index in [0.29, 0.717) is 31.3 Å². The molecule has 1 atom stereocenters. The molecular formula is C26H32N8O2. The second kappa shape index (κ2) is 11.5. The molecule has 5 N–H and O–H groups in total. The van der Waals surface area contributed by atoms with Crippen LogP contribution in [0.2, 0.25) is 0 Å². The summed E-state index contributed by atoms with van der Waals surface area (Å²) in [7, 11) is 0. The van der Waals surface area contributed by atoms with E-state index in [-0.39, 0.29) is 11.9 Å². The summed E-state index contributed by atoms with van der Waals surface area (Å²) in [6.07, 6.45) is 1.71. The molecular weight excluding hydrogens is 456 g/mol. The van der Waals surface area contributed by atoms with Gasteiger partial charge in [-0.3, -0.25) is 4.79 Å². The Bertz CT molecular complexity index is 1170. The molecule has 36 heavy (non-hydrogen) atoms. The number of anilines is 4. The Labute approximate surface area is 210 Å². The Morgan fingerprint density at radius 3 is 2.28 bits per heavy atom. The van der Waals surface area contributed by atoms with Crippen LogP contribution in [0.25, 0.3) is 11.3 Å². The summed E-state index contributed by atoms with van der Waals surface area (Å²) in [5.41, 5.74) is 9.94. The maximum atomic E-state index is 12.0. The van der Waals surface area contributed by atoms with Crippen molar-refractivity contribution in [3.05, 3.63) is 60.8 Å². The van der Waals surface area contributed by atoms with Gasteiger partial charge < -0.3 is 31.5 Å². The molecule has 188 valence electrons. The SMILES string of the molecule is CCNC(=O)N1CCN(c2ccc(Nc3nccc(-c4ccc(NC(=O)C(C)N)cc4)n3)cc2)CC1. The van der Waals surface area contributed by atoms with Gasteiger partial charge in [0, 0.05) is 61.5 Å². The van der Waals surface area contributed by atoms with Crippen LogP contribution >= 0.6 is 0 Å². The zero-order valence-corrected chi connectivity index (χ0v) is 20.6. The second-order valence-electron chi connectivity index (χ2n) is 8.60. The van der Waals surface area contributed by atoms with Gasteiger partial charge in [0.25, 0.3) is 0 Å². The monoisotopic (exact) mass is 488 g/mol. The van der Waals surface area contributed by atoms with Crippen LogP contribution in [0, 0.1) is 0 Å². The minimum absolute atomic E-state index is 0.00266. The summed E-state index contributed by atoms with van der Waals surface area (Å²) in [4.78, 5) is 36.9. The molecule has 4 rings (SSSR count). The number of urea groups is 1. The second-order valence-corrected chi connectivity index (χ2v) is 8.60. The van der Waals surface area contributed by atoms with E-state index in [1.807, 2.05) is 54.3 Å². The first-order valence-electron chi connectivity index (χ1n) is 12.1. The Hall–Kier alpha value is -4.18. The molecule has 0 aliphatic carbocycles. The van der Waals surface area contributed by atoms with Crippen LogP contribution in [0.4, 0.5) is 27.8 Å². The number of hydrogen-bond acceptors (Lipinski definition) is 7. The predicted molar refractivity (Wildman–Crippen MR) is 142 cm³/mol. The van der Waals surface area contributed by atoms with Gasteiger partial charge in [0.05, 0.1) is 11.7 Å². The number of nitrogens with zero attached hydrogens (tertiary/aromatic N) is 4. The average molecular weight is 489 g/mol. The van der Waals surface area contributed by atoms with Crippen molar-refractivity contribution in [1.82, 2.24) is 20.2 Å². The third kappa shape index (κ3) is 6.28. The summed E-state index contributed by atoms with van der Waals surface area (Å²) < 4.78 is 0. The van der Waals surface area contributed by atoms with Gasteiger partial charge in [0.15, 0.2) is 0 Å². The van der Waals surface area contributed by atoms with E-state index >= 15 is 0 Å². The smallest absolute Gasteiger partial charge is 0.317 e. The lowest BCUT2D eigenvalue weighted by Gasteiger charge is -2.36. The lowest BCUT2D eigenvalue weighted by Crippen LogP contribution is -2.51. The van der Waals surface area contributed by atoms with E-state index < -0.39 is 6.04 Å². The molecule has 0 spiro atoms. The number of carbonyl (C=O) groups is 2. The molecule has 1 aliphatic heterocycles. The fraction of sp³-hybridized carbons (Fsp3) is 0.308. The third-order valence-electron chi connectivity index (χ3n) is 5.90. The fourth-order valence-electron chi connectivity index (χ4n) is 3.88. The van der Waals surface area contributed by atoms with Crippen molar-refractivity contribution in [3.8, 4) is 11.3 Å². The minimum Gasteiger partial charge on any atom is -0.368 e. The van der Waals surface area contributed by atoms with Gasteiger partial charge in [-0.25, -0.2) is 14.8 Å². The van der Waals surface area contributed by atoms with E-state index in [1.54, 1.807) is 13.1 Å². The van der Waals surface area contributed by atoms with Crippen molar-refractivity contribution in [2.45, 2.75) is 19.9 Å². The number of nitrogens with two attached hydrogens (primary N) is 1. The topological polar surface area (TPSA) is 129 Å². The van der Waals surface area contributed by atoms with Gasteiger partial charge in [-0.1, -0.05) is 12.1 Å². The van der Waals surface area contributed by atoms with Crippen LogP contribution in [-0.4, -0.2) is 65.6 Å². The lowest BCUT2D eigenvalue weighted by atomic mass is 10.1. The number of nitrogens with one attached hydrogen (secondary N) is 3. The van der Waals surface area contributed by atoms with Crippen molar-refractivity contribution in [3.63, 3.8) is 0 Å². The zero-order valence-electron chi connectivity index (χ0n) is 20.6. The van der Waals surface area contributed by atoms with E-state index in [9.17, 15) is 9.59 Å². The van der Waals surface area contributed by atoms with Gasteiger partial charge in [-0.2, -0.15) is 0 Å². The van der Waals surface area contributed by atoms with E-state index in [2.05, 4.69) is 43.0 Å². The number of hydrogen-bond donors (Lipinski definition) is 4. The number of carbonyl (C=O) groups excluding carboxylic acids is 2. The average Bonchev–Trinajstić information content (AvgIpc) is 2.90. The summed E-state index contributed by atoms with van der Waals surface area (Å²) in [6.45, 7) is 7.20. The highest BCUT2D eigenvalue weighted by Crippen LogP contribution is 2.24. The van der Waals surface area contributed by atoms with Crippen molar-refractivity contribution in [2.75, 3.05) is 48.3 Å². The summed E-state index contributed by atoms with van der Waals surface area (Å²) in [6, 6.07) is 16.8. The molecule has 3 aromatic rings. The number of rotatable bonds is 7. The van der Waals surface area contributed by atoms with Crippen LogP contribution in [0.1, 0.15) is 13.8 Å². The van der Waals surface area contributed by atoms with E-state index in [4.69, 9.17) is 5.73 Å². The largest absolute Gasteiger partial charge is 0.368 e. The van der Waals surface area contributed by atoms with Crippen LogP contribution in [0.3, 0.4) is 0 Å². The van der Waals surface area contributed by atoms with Crippen molar-refractivity contribution in [1.29, 1.82) is 0 Å².